The first-order valence-electron chi connectivity index (χ1n) is 5.01. The van der Waals surface area contributed by atoms with Crippen LogP contribution in [-0.2, 0) is 0 Å². The molecular formula is C14H19N. The van der Waals surface area contributed by atoms with Crippen LogP contribution in [0.1, 0.15) is 20.3 Å². The fraction of sp³-hybridized carbons (Fsp3) is 0.357. The fourth-order valence-corrected chi connectivity index (χ4v) is 0.865. The highest BCUT2D eigenvalue weighted by Crippen LogP contribution is 2.09. The van der Waals surface area contributed by atoms with Gasteiger partial charge in [0.2, 0.25) is 0 Å². The lowest BCUT2D eigenvalue weighted by atomic mass is 10.1. The molecule has 1 unspecified atom stereocenters. The van der Waals surface area contributed by atoms with Crippen LogP contribution in [0.15, 0.2) is 41.4 Å². The summed E-state index contributed by atoms with van der Waals surface area (Å²) in [5.74, 6) is 6.31. The molecule has 0 saturated carbocycles. The Labute approximate surface area is 93.3 Å². The van der Waals surface area contributed by atoms with Crippen molar-refractivity contribution >= 4 is 6.21 Å². The maximum Gasteiger partial charge on any atom is 0.0355 e. The van der Waals surface area contributed by atoms with Gasteiger partial charge >= 0.3 is 0 Å². The Morgan fingerprint density at radius 2 is 2.20 bits per heavy atom. The molecule has 0 rings (SSSR count). The summed E-state index contributed by atoms with van der Waals surface area (Å²) in [4.78, 5) is 3.95. The number of rotatable bonds is 4. The minimum absolute atomic E-state index is 0.229. The second-order valence-corrected chi connectivity index (χ2v) is 3.41. The van der Waals surface area contributed by atoms with E-state index in [1.54, 1.807) is 7.05 Å². The molecule has 0 amide bonds. The standard InChI is InChI=1S/C14H19N/c1-6-13(4)8-7-9-14(12(2)3)10-11-15-5/h6,9,11,13H,1-2,10H2,3-5H3/b14-9-,15-11?. The highest BCUT2D eigenvalue weighted by molar-refractivity contribution is 5.63. The van der Waals surface area contributed by atoms with Crippen LogP contribution in [0.5, 0.6) is 0 Å². The van der Waals surface area contributed by atoms with Gasteiger partial charge in [-0.15, -0.1) is 6.58 Å². The predicted molar refractivity (Wildman–Crippen MR) is 69.1 cm³/mol. The number of allylic oxidation sites excluding steroid dienone is 4. The van der Waals surface area contributed by atoms with Gasteiger partial charge in [0.1, 0.15) is 0 Å². The van der Waals surface area contributed by atoms with Crippen LogP contribution in [0.2, 0.25) is 0 Å². The van der Waals surface area contributed by atoms with Gasteiger partial charge in [-0.3, -0.25) is 0 Å². The van der Waals surface area contributed by atoms with E-state index in [0.29, 0.717) is 0 Å². The average Bonchev–Trinajstić information content (AvgIpc) is 2.22. The molecule has 0 bridgehead atoms. The third-order valence-corrected chi connectivity index (χ3v) is 1.95. The average molecular weight is 201 g/mol. The summed E-state index contributed by atoms with van der Waals surface area (Å²) in [5.41, 5.74) is 2.17. The lowest BCUT2D eigenvalue weighted by molar-refractivity contribution is 0.985. The molecule has 0 spiro atoms. The van der Waals surface area contributed by atoms with Crippen molar-refractivity contribution in [1.82, 2.24) is 0 Å². The first-order valence-corrected chi connectivity index (χ1v) is 5.01. The molecule has 0 radical (unpaired) electrons. The highest BCUT2D eigenvalue weighted by Gasteiger charge is 1.94. The normalized spacial score (nSPS) is 13.1. The third kappa shape index (κ3) is 6.51. The molecule has 0 saturated heterocycles. The second kappa shape index (κ2) is 7.82. The van der Waals surface area contributed by atoms with Crippen LogP contribution < -0.4 is 0 Å². The molecule has 0 fully saturated rings. The lowest BCUT2D eigenvalue weighted by Gasteiger charge is -1.99. The number of aliphatic imine (C=N–C) groups is 1. The number of hydrogen-bond donors (Lipinski definition) is 0. The molecule has 0 aromatic rings. The Morgan fingerprint density at radius 3 is 2.67 bits per heavy atom. The molecule has 80 valence electrons. The summed E-state index contributed by atoms with van der Waals surface area (Å²) in [6.45, 7) is 11.6. The second-order valence-electron chi connectivity index (χ2n) is 3.41. The molecule has 1 nitrogen and oxygen atoms in total. The van der Waals surface area contributed by atoms with Crippen molar-refractivity contribution in [2.75, 3.05) is 7.05 Å². The van der Waals surface area contributed by atoms with Crippen molar-refractivity contribution in [3.05, 3.63) is 36.5 Å². The van der Waals surface area contributed by atoms with Crippen LogP contribution in [0.3, 0.4) is 0 Å². The first kappa shape index (κ1) is 13.4. The summed E-state index contributed by atoms with van der Waals surface area (Å²) in [6.07, 6.45) is 6.39. The molecule has 0 aliphatic rings. The smallest absolute Gasteiger partial charge is 0.0355 e. The molecule has 0 aromatic carbocycles. The summed E-state index contributed by atoms with van der Waals surface area (Å²) < 4.78 is 0. The van der Waals surface area contributed by atoms with E-state index < -0.39 is 0 Å². The Balaban J connectivity index is 4.59. The zero-order chi connectivity index (χ0) is 11.7. The van der Waals surface area contributed by atoms with Crippen LogP contribution in [0.25, 0.3) is 0 Å². The van der Waals surface area contributed by atoms with E-state index in [4.69, 9.17) is 0 Å². The quantitative estimate of drug-likeness (QED) is 0.286. The van der Waals surface area contributed by atoms with Gasteiger partial charge in [-0.05, 0) is 25.5 Å². The van der Waals surface area contributed by atoms with E-state index in [1.807, 2.05) is 32.2 Å². The molecule has 0 aromatic heterocycles. The van der Waals surface area contributed by atoms with Gasteiger partial charge in [0.15, 0.2) is 0 Å². The van der Waals surface area contributed by atoms with E-state index >= 15 is 0 Å². The fourth-order valence-electron chi connectivity index (χ4n) is 0.865. The zero-order valence-electron chi connectivity index (χ0n) is 9.88. The van der Waals surface area contributed by atoms with Gasteiger partial charge in [-0.2, -0.15) is 0 Å². The van der Waals surface area contributed by atoms with Gasteiger partial charge in [0.25, 0.3) is 0 Å². The van der Waals surface area contributed by atoms with Crippen molar-refractivity contribution in [3.63, 3.8) is 0 Å². The molecule has 1 heteroatoms. The van der Waals surface area contributed by atoms with Gasteiger partial charge in [0.05, 0.1) is 0 Å². The molecule has 15 heavy (non-hydrogen) atoms. The maximum absolute atomic E-state index is 3.95. The van der Waals surface area contributed by atoms with Gasteiger partial charge in [0, 0.05) is 25.6 Å². The van der Waals surface area contributed by atoms with Crippen LogP contribution in [0, 0.1) is 17.8 Å². The minimum atomic E-state index is 0.229. The molecule has 0 heterocycles. The highest BCUT2D eigenvalue weighted by atomic mass is 14.6. The maximum atomic E-state index is 3.95. The Bertz CT molecular complexity index is 334. The SMILES string of the molecule is C=CC(C)C#C/C=C(/CC=NC)C(=C)C. The van der Waals surface area contributed by atoms with Crippen molar-refractivity contribution in [3.8, 4) is 11.8 Å². The molecule has 0 N–H and O–H groups in total. The topological polar surface area (TPSA) is 12.4 Å². The summed E-state index contributed by atoms with van der Waals surface area (Å²) in [7, 11) is 1.77. The summed E-state index contributed by atoms with van der Waals surface area (Å²) in [5, 5.41) is 0. The first-order chi connectivity index (χ1) is 7.11. The van der Waals surface area contributed by atoms with Crippen molar-refractivity contribution in [1.29, 1.82) is 0 Å². The van der Waals surface area contributed by atoms with Crippen molar-refractivity contribution in [2.45, 2.75) is 20.3 Å². The molecule has 0 aliphatic carbocycles. The molecule has 1 atom stereocenters. The van der Waals surface area contributed by atoms with Gasteiger partial charge in [-0.25, -0.2) is 0 Å². The number of nitrogens with zero attached hydrogens (tertiary/aromatic N) is 1. The van der Waals surface area contributed by atoms with Crippen LogP contribution >= 0.6 is 0 Å². The lowest BCUT2D eigenvalue weighted by Crippen LogP contribution is -1.86. The number of hydrogen-bond acceptors (Lipinski definition) is 1. The van der Waals surface area contributed by atoms with Crippen LogP contribution in [-0.4, -0.2) is 13.3 Å². The largest absolute Gasteiger partial charge is 0.301 e. The van der Waals surface area contributed by atoms with E-state index in [9.17, 15) is 0 Å². The minimum Gasteiger partial charge on any atom is -0.301 e. The predicted octanol–water partition coefficient (Wildman–Crippen LogP) is 3.41. The van der Waals surface area contributed by atoms with E-state index in [2.05, 4.69) is 30.0 Å². The van der Waals surface area contributed by atoms with E-state index in [-0.39, 0.29) is 5.92 Å². The molecular weight excluding hydrogens is 182 g/mol. The van der Waals surface area contributed by atoms with Crippen molar-refractivity contribution in [2.24, 2.45) is 10.9 Å². The Hall–Kier alpha value is -1.55. The monoisotopic (exact) mass is 201 g/mol. The summed E-state index contributed by atoms with van der Waals surface area (Å²) in [6, 6.07) is 0. The summed E-state index contributed by atoms with van der Waals surface area (Å²) >= 11 is 0. The zero-order valence-corrected chi connectivity index (χ0v) is 9.88. The molecule has 0 aliphatic heterocycles. The van der Waals surface area contributed by atoms with Gasteiger partial charge in [-0.1, -0.05) is 30.1 Å². The van der Waals surface area contributed by atoms with E-state index in [1.165, 1.54) is 0 Å². The van der Waals surface area contributed by atoms with E-state index in [0.717, 1.165) is 17.6 Å². The Kier molecular flexibility index (Phi) is 7.01. The Morgan fingerprint density at radius 1 is 1.53 bits per heavy atom. The van der Waals surface area contributed by atoms with Gasteiger partial charge < -0.3 is 4.99 Å². The third-order valence-electron chi connectivity index (χ3n) is 1.95. The van der Waals surface area contributed by atoms with Crippen LogP contribution in [0.4, 0.5) is 0 Å². The van der Waals surface area contributed by atoms with Crippen molar-refractivity contribution < 1.29 is 0 Å².